The molecule has 3 heteroatoms. The summed E-state index contributed by atoms with van der Waals surface area (Å²) in [6.07, 6.45) is 0.921. The first-order valence-corrected chi connectivity index (χ1v) is 5.63. The van der Waals surface area contributed by atoms with Gasteiger partial charge in [0.2, 0.25) is 0 Å². The molecule has 1 atom stereocenters. The monoisotopic (exact) mass is 223 g/mol. The molecule has 0 aliphatic carbocycles. The van der Waals surface area contributed by atoms with Crippen molar-refractivity contribution >= 4 is 0 Å². The van der Waals surface area contributed by atoms with Crippen molar-refractivity contribution in [1.29, 1.82) is 0 Å². The van der Waals surface area contributed by atoms with Crippen molar-refractivity contribution in [3.8, 4) is 5.75 Å². The van der Waals surface area contributed by atoms with E-state index in [4.69, 9.17) is 10.5 Å². The molecule has 16 heavy (non-hydrogen) atoms. The lowest BCUT2D eigenvalue weighted by atomic mass is 10.1. The predicted molar refractivity (Wildman–Crippen MR) is 65.5 cm³/mol. The molecule has 1 rings (SSSR count). The molecule has 0 aliphatic heterocycles. The zero-order chi connectivity index (χ0) is 12.2. The molecule has 0 amide bonds. The lowest BCUT2D eigenvalue weighted by molar-refractivity contribution is 0.0285. The Morgan fingerprint density at radius 2 is 1.88 bits per heavy atom. The largest absolute Gasteiger partial charge is 0.491 e. The van der Waals surface area contributed by atoms with E-state index in [1.54, 1.807) is 13.8 Å². The third-order valence-electron chi connectivity index (χ3n) is 2.34. The van der Waals surface area contributed by atoms with E-state index in [2.05, 4.69) is 6.92 Å². The summed E-state index contributed by atoms with van der Waals surface area (Å²) >= 11 is 0. The van der Waals surface area contributed by atoms with Gasteiger partial charge >= 0.3 is 0 Å². The fourth-order valence-electron chi connectivity index (χ4n) is 1.31. The van der Waals surface area contributed by atoms with E-state index in [1.807, 2.05) is 24.3 Å². The molecule has 0 heterocycles. The van der Waals surface area contributed by atoms with Gasteiger partial charge in [-0.3, -0.25) is 0 Å². The number of hydrogen-bond acceptors (Lipinski definition) is 3. The van der Waals surface area contributed by atoms with Crippen molar-refractivity contribution < 1.29 is 9.84 Å². The molecule has 1 aromatic rings. The summed E-state index contributed by atoms with van der Waals surface area (Å²) in [6, 6.07) is 7.79. The van der Waals surface area contributed by atoms with E-state index in [0.29, 0.717) is 0 Å². The van der Waals surface area contributed by atoms with E-state index in [1.165, 1.54) is 0 Å². The van der Waals surface area contributed by atoms with Gasteiger partial charge in [0.25, 0.3) is 0 Å². The fourth-order valence-corrected chi connectivity index (χ4v) is 1.31. The minimum atomic E-state index is -0.807. The Bertz CT molecular complexity index is 314. The average molecular weight is 223 g/mol. The third-order valence-corrected chi connectivity index (χ3v) is 2.34. The highest BCUT2D eigenvalue weighted by atomic mass is 16.5. The summed E-state index contributed by atoms with van der Waals surface area (Å²) in [5, 5.41) is 9.51. The number of benzene rings is 1. The number of nitrogens with two attached hydrogens (primary N) is 1. The topological polar surface area (TPSA) is 55.5 Å². The van der Waals surface area contributed by atoms with Crippen LogP contribution in [0, 0.1) is 0 Å². The van der Waals surface area contributed by atoms with Gasteiger partial charge in [-0.25, -0.2) is 0 Å². The van der Waals surface area contributed by atoms with Crippen LogP contribution < -0.4 is 10.5 Å². The van der Waals surface area contributed by atoms with Crippen molar-refractivity contribution in [2.24, 2.45) is 5.73 Å². The van der Waals surface area contributed by atoms with Crippen LogP contribution in [0.4, 0.5) is 0 Å². The maximum absolute atomic E-state index is 9.51. The summed E-state index contributed by atoms with van der Waals surface area (Å²) in [4.78, 5) is 0. The molecule has 1 aromatic carbocycles. The second-order valence-corrected chi connectivity index (χ2v) is 4.68. The molecule has 0 fully saturated rings. The summed E-state index contributed by atoms with van der Waals surface area (Å²) in [5.41, 5.74) is 6.21. The van der Waals surface area contributed by atoms with Crippen LogP contribution in [-0.4, -0.2) is 17.3 Å². The van der Waals surface area contributed by atoms with Gasteiger partial charge in [-0.1, -0.05) is 19.1 Å². The van der Waals surface area contributed by atoms with Crippen LogP contribution in [0.1, 0.15) is 38.8 Å². The van der Waals surface area contributed by atoms with Gasteiger partial charge in [-0.05, 0) is 38.0 Å². The summed E-state index contributed by atoms with van der Waals surface area (Å²) < 4.78 is 5.45. The third kappa shape index (κ3) is 4.21. The minimum absolute atomic E-state index is 0.0864. The molecule has 0 radical (unpaired) electrons. The highest BCUT2D eigenvalue weighted by Gasteiger charge is 2.13. The number of rotatable bonds is 5. The summed E-state index contributed by atoms with van der Waals surface area (Å²) in [6.45, 7) is 5.78. The van der Waals surface area contributed by atoms with E-state index in [-0.39, 0.29) is 12.6 Å². The van der Waals surface area contributed by atoms with Crippen LogP contribution in [0.3, 0.4) is 0 Å². The molecule has 0 aromatic heterocycles. The fraction of sp³-hybridized carbons (Fsp3) is 0.538. The van der Waals surface area contributed by atoms with Crippen molar-refractivity contribution in [2.45, 2.75) is 38.8 Å². The molecular formula is C13H21NO2. The molecule has 0 saturated heterocycles. The Morgan fingerprint density at radius 1 is 1.31 bits per heavy atom. The second-order valence-electron chi connectivity index (χ2n) is 4.68. The lowest BCUT2D eigenvalue weighted by Crippen LogP contribution is -2.27. The number of aliphatic hydroxyl groups is 1. The molecule has 3 nitrogen and oxygen atoms in total. The van der Waals surface area contributed by atoms with Crippen molar-refractivity contribution in [2.75, 3.05) is 6.61 Å². The SMILES string of the molecule is CC[C@H](N)c1ccc(OCC(C)(C)O)cc1. The van der Waals surface area contributed by atoms with Gasteiger partial charge in [-0.15, -0.1) is 0 Å². The smallest absolute Gasteiger partial charge is 0.119 e. The van der Waals surface area contributed by atoms with Crippen molar-refractivity contribution in [1.82, 2.24) is 0 Å². The maximum Gasteiger partial charge on any atom is 0.119 e. The first-order chi connectivity index (χ1) is 7.42. The van der Waals surface area contributed by atoms with Crippen molar-refractivity contribution in [3.05, 3.63) is 29.8 Å². The van der Waals surface area contributed by atoms with E-state index < -0.39 is 5.60 Å². The van der Waals surface area contributed by atoms with E-state index in [9.17, 15) is 5.11 Å². The highest BCUT2D eigenvalue weighted by Crippen LogP contribution is 2.19. The number of hydrogen-bond donors (Lipinski definition) is 2. The quantitative estimate of drug-likeness (QED) is 0.805. The standard InChI is InChI=1S/C13H21NO2/c1-4-12(14)10-5-7-11(8-6-10)16-9-13(2,3)15/h5-8,12,15H,4,9,14H2,1-3H3/t12-/m0/s1. The average Bonchev–Trinajstić information content (AvgIpc) is 2.25. The van der Waals surface area contributed by atoms with E-state index in [0.717, 1.165) is 17.7 Å². The Balaban J connectivity index is 2.58. The van der Waals surface area contributed by atoms with Gasteiger partial charge in [0.05, 0.1) is 5.60 Å². The van der Waals surface area contributed by atoms with Gasteiger partial charge in [0.15, 0.2) is 0 Å². The second kappa shape index (κ2) is 5.32. The normalized spacial score (nSPS) is 13.6. The minimum Gasteiger partial charge on any atom is -0.491 e. The first-order valence-electron chi connectivity index (χ1n) is 5.63. The molecule has 3 N–H and O–H groups in total. The van der Waals surface area contributed by atoms with Crippen LogP contribution in [0.15, 0.2) is 24.3 Å². The highest BCUT2D eigenvalue weighted by molar-refractivity contribution is 5.29. The molecule has 0 saturated carbocycles. The predicted octanol–water partition coefficient (Wildman–Crippen LogP) is 2.25. The van der Waals surface area contributed by atoms with Crippen LogP contribution in [0.25, 0.3) is 0 Å². The Morgan fingerprint density at radius 3 is 2.31 bits per heavy atom. The lowest BCUT2D eigenvalue weighted by Gasteiger charge is -2.18. The molecule has 0 aliphatic rings. The van der Waals surface area contributed by atoms with Gasteiger partial charge in [0.1, 0.15) is 12.4 Å². The molecule has 0 bridgehead atoms. The summed E-state index contributed by atoms with van der Waals surface area (Å²) in [7, 11) is 0. The maximum atomic E-state index is 9.51. The van der Waals surface area contributed by atoms with Crippen LogP contribution >= 0.6 is 0 Å². The molecular weight excluding hydrogens is 202 g/mol. The van der Waals surface area contributed by atoms with Crippen LogP contribution in [0.2, 0.25) is 0 Å². The van der Waals surface area contributed by atoms with Crippen LogP contribution in [-0.2, 0) is 0 Å². The van der Waals surface area contributed by atoms with Crippen molar-refractivity contribution in [3.63, 3.8) is 0 Å². The zero-order valence-corrected chi connectivity index (χ0v) is 10.2. The van der Waals surface area contributed by atoms with Gasteiger partial charge in [0, 0.05) is 6.04 Å². The van der Waals surface area contributed by atoms with Gasteiger partial charge < -0.3 is 15.6 Å². The summed E-state index contributed by atoms with van der Waals surface area (Å²) in [5.74, 6) is 0.758. The first kappa shape index (κ1) is 13.0. The Kier molecular flexibility index (Phi) is 4.33. The Labute approximate surface area is 97.2 Å². The molecule has 0 spiro atoms. The number of ether oxygens (including phenoxy) is 1. The van der Waals surface area contributed by atoms with Gasteiger partial charge in [-0.2, -0.15) is 0 Å². The zero-order valence-electron chi connectivity index (χ0n) is 10.2. The molecule has 90 valence electrons. The van der Waals surface area contributed by atoms with E-state index >= 15 is 0 Å². The Hall–Kier alpha value is -1.06. The molecule has 0 unspecified atom stereocenters. The van der Waals surface area contributed by atoms with Crippen LogP contribution in [0.5, 0.6) is 5.75 Å².